The van der Waals surface area contributed by atoms with Crippen molar-refractivity contribution < 1.29 is 14.3 Å². The van der Waals surface area contributed by atoms with Crippen molar-refractivity contribution >= 4 is 17.8 Å². The highest BCUT2D eigenvalue weighted by molar-refractivity contribution is 6.23. The Balaban J connectivity index is 1.82. The van der Waals surface area contributed by atoms with Crippen LogP contribution < -0.4 is 5.32 Å². The molecule has 1 aromatic carbocycles. The summed E-state index contributed by atoms with van der Waals surface area (Å²) in [7, 11) is 0. The van der Waals surface area contributed by atoms with Crippen LogP contribution in [0.25, 0.3) is 0 Å². The molecule has 7 nitrogen and oxygen atoms in total. The number of nitrogens with zero attached hydrogens (tertiary/aromatic N) is 3. The zero-order chi connectivity index (χ0) is 19.2. The summed E-state index contributed by atoms with van der Waals surface area (Å²) in [5.41, 5.74) is 2.57. The largest absolute Gasteiger partial charge is 0.405 e. The summed E-state index contributed by atoms with van der Waals surface area (Å²) in [5, 5.41) is 8.66. The molecule has 138 valence electrons. The van der Waals surface area contributed by atoms with Gasteiger partial charge in [-0.3, -0.25) is 14.6 Å². The van der Waals surface area contributed by atoms with Gasteiger partial charge in [0.15, 0.2) is 0 Å². The van der Waals surface area contributed by atoms with Crippen LogP contribution in [0, 0.1) is 0 Å². The number of esters is 1. The van der Waals surface area contributed by atoms with Crippen molar-refractivity contribution in [3.8, 4) is 0 Å². The van der Waals surface area contributed by atoms with Gasteiger partial charge in [0.25, 0.3) is 11.8 Å². The molecular formula is C20H20N4O3. The van der Waals surface area contributed by atoms with Gasteiger partial charge in [-0.15, -0.1) is 5.10 Å². The molecule has 0 radical (unpaired) electrons. The average molecular weight is 364 g/mol. The predicted octanol–water partition coefficient (Wildman–Crippen LogP) is 2.36. The van der Waals surface area contributed by atoms with Crippen LogP contribution >= 0.6 is 0 Å². The van der Waals surface area contributed by atoms with E-state index in [2.05, 4.69) is 15.4 Å². The fraction of sp³-hybridized carbons (Fsp3) is 0.200. The number of hydrogen-bond acceptors (Lipinski definition) is 6. The zero-order valence-electron chi connectivity index (χ0n) is 15.2. The molecule has 27 heavy (non-hydrogen) atoms. The van der Waals surface area contributed by atoms with Gasteiger partial charge in [0.2, 0.25) is 0 Å². The van der Waals surface area contributed by atoms with Crippen molar-refractivity contribution in [1.82, 2.24) is 15.3 Å². The third-order valence-electron chi connectivity index (χ3n) is 3.93. The number of hydrogen-bond donors (Lipinski definition) is 1. The number of aromatic nitrogens is 1. The number of carbonyl (C=O) groups is 2. The van der Waals surface area contributed by atoms with E-state index < -0.39 is 5.97 Å². The summed E-state index contributed by atoms with van der Waals surface area (Å²) in [6, 6.07) is 15.1. The van der Waals surface area contributed by atoms with Crippen LogP contribution in [0.15, 0.2) is 71.1 Å². The van der Waals surface area contributed by atoms with Crippen LogP contribution in [0.4, 0.5) is 0 Å². The maximum Gasteiger partial charge on any atom is 0.309 e. The molecule has 0 bridgehead atoms. The van der Waals surface area contributed by atoms with Gasteiger partial charge in [0, 0.05) is 18.8 Å². The number of pyridine rings is 1. The molecule has 1 aliphatic heterocycles. The second-order valence-corrected chi connectivity index (χ2v) is 6.02. The van der Waals surface area contributed by atoms with Crippen molar-refractivity contribution in [1.29, 1.82) is 0 Å². The van der Waals surface area contributed by atoms with Gasteiger partial charge < -0.3 is 10.1 Å². The summed E-state index contributed by atoms with van der Waals surface area (Å²) in [6.45, 7) is 3.76. The Hall–Kier alpha value is -3.48. The van der Waals surface area contributed by atoms with E-state index in [0.717, 1.165) is 11.3 Å². The summed E-state index contributed by atoms with van der Waals surface area (Å²) < 4.78 is 5.17. The van der Waals surface area contributed by atoms with E-state index >= 15 is 0 Å². The molecular weight excluding hydrogens is 344 g/mol. The molecule has 1 aliphatic rings. The first-order valence-electron chi connectivity index (χ1n) is 8.52. The summed E-state index contributed by atoms with van der Waals surface area (Å²) in [5.74, 6) is -0.839. The van der Waals surface area contributed by atoms with Gasteiger partial charge in [0.05, 0.1) is 18.8 Å². The average Bonchev–Trinajstić information content (AvgIpc) is 2.96. The van der Waals surface area contributed by atoms with Gasteiger partial charge in [0.1, 0.15) is 5.57 Å². The lowest BCUT2D eigenvalue weighted by Gasteiger charge is -2.12. The topological polar surface area (TPSA) is 83.9 Å². The highest BCUT2D eigenvalue weighted by Gasteiger charge is 2.34. The molecule has 1 aromatic heterocycles. The standard InChI is InChI=1S/C20H20N4O3/c1-14(22-12-17-10-6-7-11-21-17)18-19(27-15(2)25)23-24(20(18)26)13-16-8-4-3-5-9-16/h3-11,22H,12-13H2,1-2H3. The molecule has 2 aromatic rings. The van der Waals surface area contributed by atoms with E-state index in [0.29, 0.717) is 18.8 Å². The van der Waals surface area contributed by atoms with Crippen LogP contribution in [-0.2, 0) is 27.4 Å². The Labute approximate surface area is 157 Å². The van der Waals surface area contributed by atoms with E-state index in [1.54, 1.807) is 13.1 Å². The minimum absolute atomic E-state index is 0.00875. The normalized spacial score (nSPS) is 15.4. The Bertz CT molecular complexity index is 892. The van der Waals surface area contributed by atoms with Crippen molar-refractivity contribution in [2.24, 2.45) is 5.10 Å². The van der Waals surface area contributed by atoms with Crippen molar-refractivity contribution in [3.05, 3.63) is 77.3 Å². The molecule has 1 N–H and O–H groups in total. The number of hydrazone groups is 1. The Morgan fingerprint density at radius 1 is 1.11 bits per heavy atom. The first-order chi connectivity index (χ1) is 13.0. The second-order valence-electron chi connectivity index (χ2n) is 6.02. The molecule has 2 heterocycles. The highest BCUT2D eigenvalue weighted by Crippen LogP contribution is 2.21. The van der Waals surface area contributed by atoms with Crippen LogP contribution in [0.3, 0.4) is 0 Å². The molecule has 0 atom stereocenters. The minimum atomic E-state index is -0.530. The molecule has 0 saturated carbocycles. The smallest absolute Gasteiger partial charge is 0.309 e. The number of ether oxygens (including phenoxy) is 1. The van der Waals surface area contributed by atoms with Gasteiger partial charge in [-0.1, -0.05) is 36.4 Å². The molecule has 3 rings (SSSR count). The molecule has 7 heteroatoms. The molecule has 0 fully saturated rings. The molecule has 0 aliphatic carbocycles. The Kier molecular flexibility index (Phi) is 5.61. The highest BCUT2D eigenvalue weighted by atomic mass is 16.5. The summed E-state index contributed by atoms with van der Waals surface area (Å²) >= 11 is 0. The monoisotopic (exact) mass is 364 g/mol. The SMILES string of the molecule is CC(=O)OC1=NN(Cc2ccccc2)C(=O)C1=C(C)NCc1ccccn1. The van der Waals surface area contributed by atoms with Gasteiger partial charge in [-0.05, 0) is 24.6 Å². The number of nitrogens with one attached hydrogen (secondary N) is 1. The summed E-state index contributed by atoms with van der Waals surface area (Å²) in [4.78, 5) is 28.5. The lowest BCUT2D eigenvalue weighted by molar-refractivity contribution is -0.133. The third-order valence-corrected chi connectivity index (χ3v) is 3.93. The number of allylic oxidation sites excluding steroid dienone is 1. The first kappa shape index (κ1) is 18.3. The van der Waals surface area contributed by atoms with E-state index in [1.165, 1.54) is 11.9 Å². The van der Waals surface area contributed by atoms with E-state index in [4.69, 9.17) is 4.74 Å². The zero-order valence-corrected chi connectivity index (χ0v) is 15.2. The van der Waals surface area contributed by atoms with Crippen molar-refractivity contribution in [2.75, 3.05) is 0 Å². The number of carbonyl (C=O) groups excluding carboxylic acids is 2. The van der Waals surface area contributed by atoms with E-state index in [9.17, 15) is 9.59 Å². The third kappa shape index (κ3) is 4.58. The predicted molar refractivity (Wildman–Crippen MR) is 100.0 cm³/mol. The molecule has 0 spiro atoms. The maximum atomic E-state index is 12.9. The fourth-order valence-corrected chi connectivity index (χ4v) is 2.63. The first-order valence-corrected chi connectivity index (χ1v) is 8.52. The van der Waals surface area contributed by atoms with E-state index in [-0.39, 0.29) is 17.4 Å². The fourth-order valence-electron chi connectivity index (χ4n) is 2.63. The maximum absolute atomic E-state index is 12.9. The molecule has 0 unspecified atom stereocenters. The Morgan fingerprint density at radius 3 is 2.52 bits per heavy atom. The van der Waals surface area contributed by atoms with Crippen LogP contribution in [0.2, 0.25) is 0 Å². The molecule has 0 saturated heterocycles. The van der Waals surface area contributed by atoms with Crippen molar-refractivity contribution in [3.63, 3.8) is 0 Å². The lowest BCUT2D eigenvalue weighted by atomic mass is 10.2. The lowest BCUT2D eigenvalue weighted by Crippen LogP contribution is -2.25. The van der Waals surface area contributed by atoms with Gasteiger partial charge in [-0.25, -0.2) is 5.01 Å². The van der Waals surface area contributed by atoms with Crippen LogP contribution in [0.1, 0.15) is 25.1 Å². The number of amides is 1. The minimum Gasteiger partial charge on any atom is -0.405 e. The van der Waals surface area contributed by atoms with E-state index in [1.807, 2.05) is 48.5 Å². The number of rotatable bonds is 5. The quantitative estimate of drug-likeness (QED) is 0.650. The second kappa shape index (κ2) is 8.27. The van der Waals surface area contributed by atoms with Crippen LogP contribution in [-0.4, -0.2) is 27.8 Å². The summed E-state index contributed by atoms with van der Waals surface area (Å²) in [6.07, 6.45) is 1.70. The van der Waals surface area contributed by atoms with Gasteiger partial charge >= 0.3 is 5.97 Å². The molecule has 1 amide bonds. The van der Waals surface area contributed by atoms with Crippen LogP contribution in [0.5, 0.6) is 0 Å². The van der Waals surface area contributed by atoms with Crippen molar-refractivity contribution in [2.45, 2.75) is 26.9 Å². The van der Waals surface area contributed by atoms with Gasteiger partial charge in [-0.2, -0.15) is 0 Å². The number of benzene rings is 1. The Morgan fingerprint density at radius 2 is 1.85 bits per heavy atom.